The molecule has 1 aromatic carbocycles. The third-order valence-electron chi connectivity index (χ3n) is 4.13. The number of carbonyl (C=O) groups is 1. The third kappa shape index (κ3) is 2.28. The highest BCUT2D eigenvalue weighted by Gasteiger charge is 2.32. The van der Waals surface area contributed by atoms with Crippen molar-refractivity contribution in [3.63, 3.8) is 0 Å². The van der Waals surface area contributed by atoms with Crippen LogP contribution in [0.25, 0.3) is 0 Å². The van der Waals surface area contributed by atoms with Gasteiger partial charge in [0.25, 0.3) is 5.56 Å². The number of pyridine rings is 1. The number of fused-ring (bicyclic) bond motifs is 1. The van der Waals surface area contributed by atoms with E-state index in [2.05, 4.69) is 0 Å². The Labute approximate surface area is 128 Å². The van der Waals surface area contributed by atoms with E-state index in [4.69, 9.17) is 9.47 Å². The van der Waals surface area contributed by atoms with Crippen molar-refractivity contribution in [3.8, 4) is 11.5 Å². The lowest BCUT2D eigenvalue weighted by Gasteiger charge is -2.25. The first-order chi connectivity index (χ1) is 10.5. The lowest BCUT2D eigenvalue weighted by Crippen LogP contribution is -2.31. The molecule has 1 aliphatic heterocycles. The van der Waals surface area contributed by atoms with Crippen molar-refractivity contribution in [3.05, 3.63) is 57.5 Å². The SMILES string of the molecule is COc1ccc([C@H]2CC(=O)Oc3cc(C)n(C)c(=O)c32)cc1. The van der Waals surface area contributed by atoms with Gasteiger partial charge in [0.15, 0.2) is 0 Å². The van der Waals surface area contributed by atoms with Crippen LogP contribution in [0.2, 0.25) is 0 Å². The first-order valence-electron chi connectivity index (χ1n) is 7.06. The summed E-state index contributed by atoms with van der Waals surface area (Å²) < 4.78 is 12.0. The summed E-state index contributed by atoms with van der Waals surface area (Å²) in [5.74, 6) is 0.499. The minimum atomic E-state index is -0.319. The minimum absolute atomic E-state index is 0.122. The van der Waals surface area contributed by atoms with Gasteiger partial charge in [0.2, 0.25) is 0 Å². The summed E-state index contributed by atoms with van der Waals surface area (Å²) in [6, 6.07) is 9.15. The quantitative estimate of drug-likeness (QED) is 0.797. The number of hydrogen-bond donors (Lipinski definition) is 0. The summed E-state index contributed by atoms with van der Waals surface area (Å²) in [7, 11) is 3.32. The number of hydrogen-bond acceptors (Lipinski definition) is 4. The molecule has 22 heavy (non-hydrogen) atoms. The molecule has 5 heteroatoms. The maximum atomic E-state index is 12.6. The van der Waals surface area contributed by atoms with Gasteiger partial charge in [-0.1, -0.05) is 12.1 Å². The topological polar surface area (TPSA) is 57.5 Å². The molecule has 0 N–H and O–H groups in total. The van der Waals surface area contributed by atoms with E-state index in [9.17, 15) is 9.59 Å². The van der Waals surface area contributed by atoms with Gasteiger partial charge in [0.1, 0.15) is 11.5 Å². The molecule has 2 heterocycles. The average Bonchev–Trinajstić information content (AvgIpc) is 2.52. The Morgan fingerprint density at radius 2 is 1.91 bits per heavy atom. The average molecular weight is 299 g/mol. The lowest BCUT2D eigenvalue weighted by atomic mass is 9.87. The molecule has 3 rings (SSSR count). The van der Waals surface area contributed by atoms with Gasteiger partial charge in [0, 0.05) is 24.7 Å². The molecule has 0 aliphatic carbocycles. The Bertz CT molecular complexity index is 790. The fourth-order valence-electron chi connectivity index (χ4n) is 2.77. The number of esters is 1. The molecule has 0 spiro atoms. The zero-order valence-electron chi connectivity index (χ0n) is 12.8. The highest BCUT2D eigenvalue weighted by Crippen LogP contribution is 2.37. The van der Waals surface area contributed by atoms with Crippen LogP contribution < -0.4 is 15.0 Å². The molecule has 0 amide bonds. The Morgan fingerprint density at radius 3 is 2.55 bits per heavy atom. The van der Waals surface area contributed by atoms with Crippen molar-refractivity contribution < 1.29 is 14.3 Å². The van der Waals surface area contributed by atoms with E-state index >= 15 is 0 Å². The van der Waals surface area contributed by atoms with Crippen molar-refractivity contribution in [2.75, 3.05) is 7.11 Å². The second-order valence-corrected chi connectivity index (χ2v) is 5.43. The Kier molecular flexibility index (Phi) is 3.48. The second-order valence-electron chi connectivity index (χ2n) is 5.43. The maximum Gasteiger partial charge on any atom is 0.312 e. The fraction of sp³-hybridized carbons (Fsp3) is 0.294. The second kappa shape index (κ2) is 5.33. The Morgan fingerprint density at radius 1 is 1.23 bits per heavy atom. The van der Waals surface area contributed by atoms with E-state index in [0.717, 1.165) is 17.0 Å². The largest absolute Gasteiger partial charge is 0.497 e. The molecule has 5 nitrogen and oxygen atoms in total. The number of aryl methyl sites for hydroxylation is 1. The van der Waals surface area contributed by atoms with Gasteiger partial charge in [0.05, 0.1) is 19.1 Å². The normalized spacial score (nSPS) is 16.9. The van der Waals surface area contributed by atoms with Crippen LogP contribution in [0.4, 0.5) is 0 Å². The molecule has 0 radical (unpaired) electrons. The molecular formula is C17H17NO4. The fourth-order valence-corrected chi connectivity index (χ4v) is 2.77. The van der Waals surface area contributed by atoms with Crippen molar-refractivity contribution in [2.45, 2.75) is 19.3 Å². The molecule has 0 fully saturated rings. The summed E-state index contributed by atoms with van der Waals surface area (Å²) in [5, 5.41) is 0. The van der Waals surface area contributed by atoms with Crippen molar-refractivity contribution >= 4 is 5.97 Å². The van der Waals surface area contributed by atoms with Gasteiger partial charge >= 0.3 is 5.97 Å². The van der Waals surface area contributed by atoms with Crippen LogP contribution in [0.15, 0.2) is 35.1 Å². The minimum Gasteiger partial charge on any atom is -0.497 e. The summed E-state index contributed by atoms with van der Waals surface area (Å²) in [5.41, 5.74) is 2.08. The number of rotatable bonds is 2. The van der Waals surface area contributed by atoms with Gasteiger partial charge in [-0.05, 0) is 24.6 Å². The maximum absolute atomic E-state index is 12.6. The van der Waals surface area contributed by atoms with Crippen molar-refractivity contribution in [2.24, 2.45) is 7.05 Å². The van der Waals surface area contributed by atoms with Crippen LogP contribution in [0.5, 0.6) is 11.5 Å². The smallest absolute Gasteiger partial charge is 0.312 e. The van der Waals surface area contributed by atoms with E-state index in [1.807, 2.05) is 31.2 Å². The molecule has 0 saturated heterocycles. The van der Waals surface area contributed by atoms with Crippen LogP contribution in [0.3, 0.4) is 0 Å². The number of methoxy groups -OCH3 is 1. The predicted molar refractivity (Wildman–Crippen MR) is 81.5 cm³/mol. The number of benzene rings is 1. The van der Waals surface area contributed by atoms with E-state index < -0.39 is 0 Å². The van der Waals surface area contributed by atoms with Gasteiger partial charge < -0.3 is 14.0 Å². The summed E-state index contributed by atoms with van der Waals surface area (Å²) in [6.07, 6.45) is 0.164. The number of aromatic nitrogens is 1. The number of nitrogens with zero attached hydrogens (tertiary/aromatic N) is 1. The van der Waals surface area contributed by atoms with Crippen molar-refractivity contribution in [1.29, 1.82) is 0 Å². The third-order valence-corrected chi connectivity index (χ3v) is 4.13. The van der Waals surface area contributed by atoms with Crippen LogP contribution in [-0.2, 0) is 11.8 Å². The Hall–Kier alpha value is -2.56. The van der Waals surface area contributed by atoms with Gasteiger partial charge in [-0.25, -0.2) is 0 Å². The van der Waals surface area contributed by atoms with Crippen LogP contribution >= 0.6 is 0 Å². The first-order valence-corrected chi connectivity index (χ1v) is 7.06. The molecule has 114 valence electrons. The molecule has 1 aromatic heterocycles. The summed E-state index contributed by atoms with van der Waals surface area (Å²) in [6.45, 7) is 1.81. The summed E-state index contributed by atoms with van der Waals surface area (Å²) in [4.78, 5) is 24.5. The van der Waals surface area contributed by atoms with E-state index in [1.165, 1.54) is 0 Å². The molecule has 0 unspecified atom stereocenters. The lowest BCUT2D eigenvalue weighted by molar-refractivity contribution is -0.135. The molecule has 1 atom stereocenters. The molecule has 0 bridgehead atoms. The highest BCUT2D eigenvalue weighted by atomic mass is 16.5. The molecule has 1 aliphatic rings. The highest BCUT2D eigenvalue weighted by molar-refractivity contribution is 5.77. The van der Waals surface area contributed by atoms with Gasteiger partial charge in [-0.3, -0.25) is 9.59 Å². The van der Waals surface area contributed by atoms with E-state index in [-0.39, 0.29) is 23.9 Å². The van der Waals surface area contributed by atoms with E-state index in [0.29, 0.717) is 11.3 Å². The standard InChI is InChI=1S/C17H17NO4/c1-10-8-14-16(17(20)18(10)2)13(9-15(19)22-14)11-4-6-12(21-3)7-5-11/h4-8,13H,9H2,1-3H3/t13-/m1/s1. The number of ether oxygens (including phenoxy) is 2. The van der Waals surface area contributed by atoms with Crippen LogP contribution in [-0.4, -0.2) is 17.6 Å². The zero-order chi connectivity index (χ0) is 15.9. The van der Waals surface area contributed by atoms with Crippen LogP contribution in [0, 0.1) is 6.92 Å². The summed E-state index contributed by atoms with van der Waals surface area (Å²) >= 11 is 0. The molecular weight excluding hydrogens is 282 g/mol. The number of carbonyl (C=O) groups excluding carboxylic acids is 1. The molecule has 0 saturated carbocycles. The monoisotopic (exact) mass is 299 g/mol. The molecule has 2 aromatic rings. The van der Waals surface area contributed by atoms with Gasteiger partial charge in [-0.2, -0.15) is 0 Å². The van der Waals surface area contributed by atoms with Crippen molar-refractivity contribution in [1.82, 2.24) is 4.57 Å². The van der Waals surface area contributed by atoms with Gasteiger partial charge in [-0.15, -0.1) is 0 Å². The Balaban J connectivity index is 2.16. The van der Waals surface area contributed by atoms with E-state index in [1.54, 1.807) is 24.8 Å². The predicted octanol–water partition coefficient (Wildman–Crippen LogP) is 2.14. The van der Waals surface area contributed by atoms with Crippen LogP contribution in [0.1, 0.15) is 29.2 Å². The first kappa shape index (κ1) is 14.4. The zero-order valence-corrected chi connectivity index (χ0v) is 12.8.